The van der Waals surface area contributed by atoms with Crippen LogP contribution >= 0.6 is 0 Å². The largest absolute Gasteiger partial charge is 0.497 e. The fourth-order valence-corrected chi connectivity index (χ4v) is 5.39. The van der Waals surface area contributed by atoms with Crippen LogP contribution in [0.15, 0.2) is 60.7 Å². The molecular weight excluding hydrogens is 535 g/mol. The molecule has 6 nitrogen and oxygen atoms in total. The van der Waals surface area contributed by atoms with Gasteiger partial charge in [0.15, 0.2) is 0 Å². The quantitative estimate of drug-likeness (QED) is 0.183. The van der Waals surface area contributed by atoms with Crippen molar-refractivity contribution in [2.45, 2.75) is 65.1 Å². The summed E-state index contributed by atoms with van der Waals surface area (Å²) in [5, 5.41) is 9.47. The minimum atomic E-state index is -0.784. The first-order chi connectivity index (χ1) is 20.1. The standard InChI is InChI=1S/C35H43FO6/c1-35(2,3)34(41-16-15-39-4)31-18-24(11-13-29(31)30-21-27(40-5)12-14-32(30)36)22-42-28-8-6-7-25(19-28)26(20-33(37)38)17-23-9-10-23/h6-8,11-14,18-19,21,23,26,34H,9-10,15-17,20,22H2,1-5H3,(H,37,38)/t26-,34-/m0/s1. The molecule has 0 amide bonds. The van der Waals surface area contributed by atoms with Gasteiger partial charge in [-0.25, -0.2) is 4.39 Å². The number of aliphatic carboxylic acids is 1. The normalized spacial score (nSPS) is 14.8. The monoisotopic (exact) mass is 578 g/mol. The van der Waals surface area contributed by atoms with Crippen molar-refractivity contribution in [3.05, 3.63) is 83.2 Å². The summed E-state index contributed by atoms with van der Waals surface area (Å²) in [4.78, 5) is 11.5. The van der Waals surface area contributed by atoms with Crippen LogP contribution in [0.5, 0.6) is 11.5 Å². The van der Waals surface area contributed by atoms with Gasteiger partial charge in [-0.1, -0.05) is 57.9 Å². The Morgan fingerprint density at radius 3 is 2.43 bits per heavy atom. The van der Waals surface area contributed by atoms with Gasteiger partial charge in [-0.3, -0.25) is 4.79 Å². The molecule has 2 atom stereocenters. The molecule has 3 aromatic rings. The van der Waals surface area contributed by atoms with Crippen molar-refractivity contribution in [3.63, 3.8) is 0 Å². The number of carboxylic acid groups (broad SMARTS) is 1. The molecule has 0 unspecified atom stereocenters. The first kappa shape index (κ1) is 31.5. The van der Waals surface area contributed by atoms with Crippen molar-refractivity contribution >= 4 is 5.97 Å². The zero-order valence-electron chi connectivity index (χ0n) is 25.3. The first-order valence-electron chi connectivity index (χ1n) is 14.6. The van der Waals surface area contributed by atoms with Gasteiger partial charge in [-0.15, -0.1) is 0 Å². The zero-order valence-corrected chi connectivity index (χ0v) is 25.3. The van der Waals surface area contributed by atoms with Crippen LogP contribution in [0.25, 0.3) is 11.1 Å². The van der Waals surface area contributed by atoms with E-state index in [9.17, 15) is 9.90 Å². The summed E-state index contributed by atoms with van der Waals surface area (Å²) in [5.74, 6) is 0.718. The summed E-state index contributed by atoms with van der Waals surface area (Å²) in [7, 11) is 3.20. The van der Waals surface area contributed by atoms with Crippen LogP contribution in [0.4, 0.5) is 4.39 Å². The molecule has 0 radical (unpaired) electrons. The lowest BCUT2D eigenvalue weighted by Gasteiger charge is -2.33. The molecule has 4 rings (SSSR count). The van der Waals surface area contributed by atoms with E-state index >= 15 is 4.39 Å². The summed E-state index contributed by atoms with van der Waals surface area (Å²) in [6, 6.07) is 18.4. The lowest BCUT2D eigenvalue weighted by atomic mass is 9.81. The Kier molecular flexibility index (Phi) is 10.6. The minimum Gasteiger partial charge on any atom is -0.497 e. The molecule has 0 aromatic heterocycles. The number of rotatable bonds is 15. The van der Waals surface area contributed by atoms with E-state index in [1.54, 1.807) is 26.4 Å². The third-order valence-electron chi connectivity index (χ3n) is 7.69. The Labute approximate surface area is 248 Å². The summed E-state index contributed by atoms with van der Waals surface area (Å²) in [6.45, 7) is 7.42. The average Bonchev–Trinajstić information content (AvgIpc) is 3.78. The predicted molar refractivity (Wildman–Crippen MR) is 162 cm³/mol. The van der Waals surface area contributed by atoms with Gasteiger partial charge in [0.1, 0.15) is 23.9 Å². The van der Waals surface area contributed by atoms with Gasteiger partial charge in [0.2, 0.25) is 0 Å². The van der Waals surface area contributed by atoms with E-state index in [0.717, 1.165) is 28.7 Å². The van der Waals surface area contributed by atoms with Crippen molar-refractivity contribution in [3.8, 4) is 22.6 Å². The number of ether oxygens (including phenoxy) is 4. The highest BCUT2D eigenvalue weighted by Gasteiger charge is 2.31. The predicted octanol–water partition coefficient (Wildman–Crippen LogP) is 8.19. The number of benzene rings is 3. The topological polar surface area (TPSA) is 74.2 Å². The molecule has 0 bridgehead atoms. The molecule has 3 aromatic carbocycles. The summed E-state index contributed by atoms with van der Waals surface area (Å²) >= 11 is 0. The van der Waals surface area contributed by atoms with Crippen molar-refractivity contribution in [1.29, 1.82) is 0 Å². The maximum absolute atomic E-state index is 15.2. The number of methoxy groups -OCH3 is 2. The van der Waals surface area contributed by atoms with E-state index in [0.29, 0.717) is 42.8 Å². The molecule has 1 aliphatic rings. The van der Waals surface area contributed by atoms with Crippen molar-refractivity contribution < 1.29 is 33.2 Å². The van der Waals surface area contributed by atoms with E-state index < -0.39 is 5.97 Å². The van der Waals surface area contributed by atoms with Crippen LogP contribution < -0.4 is 9.47 Å². The van der Waals surface area contributed by atoms with Crippen LogP contribution in [-0.2, 0) is 20.9 Å². The van der Waals surface area contributed by atoms with Crippen LogP contribution in [-0.4, -0.2) is 38.5 Å². The highest BCUT2D eigenvalue weighted by molar-refractivity contribution is 5.71. The third kappa shape index (κ3) is 8.55. The molecule has 0 aliphatic heterocycles. The molecule has 0 saturated heterocycles. The van der Waals surface area contributed by atoms with E-state index in [2.05, 4.69) is 20.8 Å². The van der Waals surface area contributed by atoms with Gasteiger partial charge < -0.3 is 24.1 Å². The number of halogens is 1. The lowest BCUT2D eigenvalue weighted by molar-refractivity contribution is -0.137. The molecule has 0 spiro atoms. The average molecular weight is 579 g/mol. The summed E-state index contributed by atoms with van der Waals surface area (Å²) < 4.78 is 38.4. The van der Waals surface area contributed by atoms with Crippen LogP contribution in [0.1, 0.15) is 75.2 Å². The summed E-state index contributed by atoms with van der Waals surface area (Å²) in [5.41, 5.74) is 3.62. The third-order valence-corrected chi connectivity index (χ3v) is 7.69. The Morgan fingerprint density at radius 1 is 0.976 bits per heavy atom. The summed E-state index contributed by atoms with van der Waals surface area (Å²) in [6.07, 6.45) is 3.00. The number of hydrogen-bond acceptors (Lipinski definition) is 5. The maximum Gasteiger partial charge on any atom is 0.303 e. The molecular formula is C35H43FO6. The second-order valence-electron chi connectivity index (χ2n) is 12.2. The van der Waals surface area contributed by atoms with Crippen molar-refractivity contribution in [1.82, 2.24) is 0 Å². The molecule has 1 fully saturated rings. The van der Waals surface area contributed by atoms with Gasteiger partial charge in [0, 0.05) is 12.7 Å². The molecule has 226 valence electrons. The Morgan fingerprint density at radius 2 is 1.76 bits per heavy atom. The fraction of sp³-hybridized carbons (Fsp3) is 0.457. The fourth-order valence-electron chi connectivity index (χ4n) is 5.39. The van der Waals surface area contributed by atoms with E-state index in [-0.39, 0.29) is 29.7 Å². The highest BCUT2D eigenvalue weighted by atomic mass is 19.1. The minimum absolute atomic E-state index is 0.0287. The lowest BCUT2D eigenvalue weighted by Crippen LogP contribution is -2.24. The van der Waals surface area contributed by atoms with Crippen LogP contribution in [0.2, 0.25) is 0 Å². The number of carboxylic acids is 1. The van der Waals surface area contributed by atoms with Gasteiger partial charge in [0.25, 0.3) is 0 Å². The molecule has 42 heavy (non-hydrogen) atoms. The SMILES string of the molecule is COCCO[C@@H](c1cc(COc2cccc([C@H](CC(=O)O)CC3CC3)c2)ccc1-c1cc(OC)ccc1F)C(C)(C)C. The van der Waals surface area contributed by atoms with Crippen LogP contribution in [0, 0.1) is 17.2 Å². The second kappa shape index (κ2) is 14.2. The Balaban J connectivity index is 1.65. The Hall–Kier alpha value is -3.42. The molecule has 7 heteroatoms. The van der Waals surface area contributed by atoms with Crippen molar-refractivity contribution in [2.75, 3.05) is 27.4 Å². The smallest absolute Gasteiger partial charge is 0.303 e. The second-order valence-corrected chi connectivity index (χ2v) is 12.2. The van der Waals surface area contributed by atoms with E-state index in [4.69, 9.17) is 18.9 Å². The highest BCUT2D eigenvalue weighted by Crippen LogP contribution is 2.43. The zero-order chi connectivity index (χ0) is 30.3. The van der Waals surface area contributed by atoms with Crippen LogP contribution in [0.3, 0.4) is 0 Å². The van der Waals surface area contributed by atoms with E-state index in [1.807, 2.05) is 42.5 Å². The van der Waals surface area contributed by atoms with Gasteiger partial charge in [0.05, 0.1) is 32.8 Å². The molecule has 1 aliphatic carbocycles. The van der Waals surface area contributed by atoms with E-state index in [1.165, 1.54) is 18.9 Å². The van der Waals surface area contributed by atoms with Gasteiger partial charge >= 0.3 is 5.97 Å². The molecule has 1 N–H and O–H groups in total. The molecule has 1 saturated carbocycles. The Bertz CT molecular complexity index is 1340. The maximum atomic E-state index is 15.2. The van der Waals surface area contributed by atoms with Gasteiger partial charge in [-0.2, -0.15) is 0 Å². The van der Waals surface area contributed by atoms with Gasteiger partial charge in [-0.05, 0) is 82.3 Å². The number of carbonyl (C=O) groups is 1. The number of hydrogen-bond donors (Lipinski definition) is 1. The van der Waals surface area contributed by atoms with Crippen molar-refractivity contribution in [2.24, 2.45) is 11.3 Å². The first-order valence-corrected chi connectivity index (χ1v) is 14.6. The molecule has 0 heterocycles.